The molecule has 1 aromatic heterocycles. The molecule has 120 valence electrons. The van der Waals surface area contributed by atoms with Crippen molar-refractivity contribution in [1.29, 1.82) is 0 Å². The number of halogens is 1. The summed E-state index contributed by atoms with van der Waals surface area (Å²) in [4.78, 5) is 24.6. The zero-order valence-corrected chi connectivity index (χ0v) is 13.7. The Bertz CT molecular complexity index is 704. The summed E-state index contributed by atoms with van der Waals surface area (Å²) in [5.41, 5.74) is 0.907. The van der Waals surface area contributed by atoms with Crippen molar-refractivity contribution < 1.29 is 14.3 Å². The lowest BCUT2D eigenvalue weighted by Gasteiger charge is -2.18. The number of hydrogen-bond donors (Lipinski definition) is 2. The van der Waals surface area contributed by atoms with Crippen LogP contribution in [0.5, 0.6) is 0 Å². The van der Waals surface area contributed by atoms with Crippen LogP contribution in [0.3, 0.4) is 0 Å². The van der Waals surface area contributed by atoms with Gasteiger partial charge in [-0.1, -0.05) is 41.9 Å². The smallest absolute Gasteiger partial charge is 0.407 e. The van der Waals surface area contributed by atoms with E-state index >= 15 is 0 Å². The van der Waals surface area contributed by atoms with E-state index in [4.69, 9.17) is 16.3 Å². The average molecular weight is 351 g/mol. The Balaban J connectivity index is 1.59. The number of thiophene rings is 1. The molecule has 1 fully saturated rings. The molecule has 1 aliphatic heterocycles. The number of ether oxygens (including phenoxy) is 1. The molecule has 0 saturated carbocycles. The highest BCUT2D eigenvalue weighted by Crippen LogP contribution is 2.32. The Kier molecular flexibility index (Phi) is 4.83. The maximum Gasteiger partial charge on any atom is 0.407 e. The Morgan fingerprint density at radius 3 is 2.78 bits per heavy atom. The lowest BCUT2D eigenvalue weighted by Crippen LogP contribution is -2.38. The molecular weight excluding hydrogens is 336 g/mol. The molecule has 2 amide bonds. The van der Waals surface area contributed by atoms with Crippen LogP contribution in [0.15, 0.2) is 42.5 Å². The van der Waals surface area contributed by atoms with Crippen LogP contribution in [0.2, 0.25) is 4.34 Å². The molecule has 2 N–H and O–H groups in total. The maximum atomic E-state index is 12.0. The summed E-state index contributed by atoms with van der Waals surface area (Å²) < 4.78 is 5.85. The third kappa shape index (κ3) is 4.03. The average Bonchev–Trinajstić information content (AvgIpc) is 3.12. The van der Waals surface area contributed by atoms with Gasteiger partial charge < -0.3 is 15.4 Å². The molecule has 2 atom stereocenters. The van der Waals surface area contributed by atoms with Gasteiger partial charge in [-0.25, -0.2) is 4.79 Å². The van der Waals surface area contributed by atoms with E-state index in [-0.39, 0.29) is 31.0 Å². The lowest BCUT2D eigenvalue weighted by atomic mass is 10.1. The molecule has 2 aromatic rings. The number of carbonyl (C=O) groups excluding carboxylic acids is 2. The van der Waals surface area contributed by atoms with Crippen molar-refractivity contribution in [2.45, 2.75) is 25.1 Å². The number of amides is 2. The molecule has 0 spiro atoms. The minimum Gasteiger partial charge on any atom is -0.445 e. The summed E-state index contributed by atoms with van der Waals surface area (Å²) in [5.74, 6) is -0.104. The largest absolute Gasteiger partial charge is 0.445 e. The summed E-state index contributed by atoms with van der Waals surface area (Å²) in [6, 6.07) is 12.4. The molecule has 2 heterocycles. The van der Waals surface area contributed by atoms with Gasteiger partial charge in [0.1, 0.15) is 6.61 Å². The van der Waals surface area contributed by atoms with Crippen molar-refractivity contribution in [1.82, 2.24) is 10.6 Å². The Morgan fingerprint density at radius 2 is 2.09 bits per heavy atom. The molecule has 0 radical (unpaired) electrons. The van der Waals surface area contributed by atoms with Crippen LogP contribution in [0.25, 0.3) is 0 Å². The van der Waals surface area contributed by atoms with E-state index < -0.39 is 6.09 Å². The maximum absolute atomic E-state index is 12.0. The summed E-state index contributed by atoms with van der Waals surface area (Å²) >= 11 is 7.33. The second-order valence-corrected chi connectivity index (χ2v) is 6.95. The van der Waals surface area contributed by atoms with Crippen LogP contribution in [-0.2, 0) is 16.1 Å². The third-order valence-corrected chi connectivity index (χ3v) is 4.85. The van der Waals surface area contributed by atoms with Gasteiger partial charge in [0.05, 0.1) is 16.4 Å². The van der Waals surface area contributed by atoms with E-state index in [0.717, 1.165) is 10.4 Å². The number of nitrogens with one attached hydrogen (secondary N) is 2. The molecule has 7 heteroatoms. The molecular formula is C16H15ClN2O3S. The van der Waals surface area contributed by atoms with Crippen LogP contribution < -0.4 is 10.6 Å². The molecule has 5 nitrogen and oxygen atoms in total. The highest BCUT2D eigenvalue weighted by atomic mass is 35.5. The monoisotopic (exact) mass is 350 g/mol. The molecule has 0 unspecified atom stereocenters. The van der Waals surface area contributed by atoms with Crippen LogP contribution in [0.4, 0.5) is 4.79 Å². The summed E-state index contributed by atoms with van der Waals surface area (Å²) in [6.07, 6.45) is -0.316. The number of benzene rings is 1. The molecule has 0 bridgehead atoms. The predicted molar refractivity (Wildman–Crippen MR) is 88.4 cm³/mol. The van der Waals surface area contributed by atoms with Crippen molar-refractivity contribution in [3.63, 3.8) is 0 Å². The first-order valence-electron chi connectivity index (χ1n) is 7.13. The second-order valence-electron chi connectivity index (χ2n) is 5.20. The number of rotatable bonds is 4. The standard InChI is InChI=1S/C16H15ClN2O3S/c17-13-7-6-12(23-13)15-11(8-14(20)19-15)18-16(21)22-9-10-4-2-1-3-5-10/h1-7,11,15H,8-9H2,(H,18,21)(H,19,20)/t11-,15-/m0/s1. The Labute approximate surface area is 142 Å². The Morgan fingerprint density at radius 1 is 1.30 bits per heavy atom. The first kappa shape index (κ1) is 15.8. The molecule has 3 rings (SSSR count). The van der Waals surface area contributed by atoms with Crippen LogP contribution in [0, 0.1) is 0 Å². The van der Waals surface area contributed by atoms with Gasteiger partial charge in [0.2, 0.25) is 5.91 Å². The van der Waals surface area contributed by atoms with Gasteiger partial charge in [-0.15, -0.1) is 11.3 Å². The van der Waals surface area contributed by atoms with E-state index in [1.807, 2.05) is 36.4 Å². The quantitative estimate of drug-likeness (QED) is 0.889. The fourth-order valence-electron chi connectivity index (χ4n) is 2.47. The first-order valence-corrected chi connectivity index (χ1v) is 8.33. The summed E-state index contributed by atoms with van der Waals surface area (Å²) in [5, 5.41) is 5.61. The van der Waals surface area contributed by atoms with Crippen LogP contribution in [0.1, 0.15) is 22.9 Å². The molecule has 1 aliphatic rings. The predicted octanol–water partition coefficient (Wildman–Crippen LogP) is 3.26. The zero-order valence-electron chi connectivity index (χ0n) is 12.1. The van der Waals surface area contributed by atoms with E-state index in [1.54, 1.807) is 6.07 Å². The molecule has 23 heavy (non-hydrogen) atoms. The summed E-state index contributed by atoms with van der Waals surface area (Å²) in [6.45, 7) is 0.191. The van der Waals surface area contributed by atoms with Gasteiger partial charge >= 0.3 is 6.09 Å². The van der Waals surface area contributed by atoms with Gasteiger partial charge in [0.25, 0.3) is 0 Å². The van der Waals surface area contributed by atoms with E-state index in [1.165, 1.54) is 11.3 Å². The lowest BCUT2D eigenvalue weighted by molar-refractivity contribution is -0.119. The highest BCUT2D eigenvalue weighted by molar-refractivity contribution is 7.16. The van der Waals surface area contributed by atoms with Crippen LogP contribution in [-0.4, -0.2) is 18.0 Å². The fourth-order valence-corrected chi connectivity index (χ4v) is 3.64. The van der Waals surface area contributed by atoms with Crippen molar-refractivity contribution >= 4 is 34.9 Å². The zero-order chi connectivity index (χ0) is 16.2. The topological polar surface area (TPSA) is 67.4 Å². The van der Waals surface area contributed by atoms with E-state index in [2.05, 4.69) is 10.6 Å². The fraction of sp³-hybridized carbons (Fsp3) is 0.250. The van der Waals surface area contributed by atoms with Gasteiger partial charge in [-0.2, -0.15) is 0 Å². The van der Waals surface area contributed by atoms with Gasteiger partial charge in [0.15, 0.2) is 0 Å². The van der Waals surface area contributed by atoms with Crippen molar-refractivity contribution in [2.75, 3.05) is 0 Å². The van der Waals surface area contributed by atoms with Crippen molar-refractivity contribution in [2.24, 2.45) is 0 Å². The first-order chi connectivity index (χ1) is 11.1. The minimum absolute atomic E-state index is 0.104. The SMILES string of the molecule is O=C1C[C@H](NC(=O)OCc2ccccc2)[C@@H](c2ccc(Cl)s2)N1. The highest BCUT2D eigenvalue weighted by Gasteiger charge is 2.35. The number of carbonyl (C=O) groups is 2. The van der Waals surface area contributed by atoms with E-state index in [9.17, 15) is 9.59 Å². The molecule has 1 saturated heterocycles. The molecule has 0 aliphatic carbocycles. The number of alkyl carbamates (subject to hydrolysis) is 1. The Hall–Kier alpha value is -2.05. The van der Waals surface area contributed by atoms with Gasteiger partial charge in [0, 0.05) is 11.3 Å². The van der Waals surface area contributed by atoms with Gasteiger partial charge in [-0.3, -0.25) is 4.79 Å². The third-order valence-electron chi connectivity index (χ3n) is 3.54. The van der Waals surface area contributed by atoms with Gasteiger partial charge in [-0.05, 0) is 17.7 Å². The van der Waals surface area contributed by atoms with E-state index in [0.29, 0.717) is 4.34 Å². The summed E-state index contributed by atoms with van der Waals surface area (Å²) in [7, 11) is 0. The normalized spacial score (nSPS) is 20.1. The van der Waals surface area contributed by atoms with Crippen molar-refractivity contribution in [3.05, 3.63) is 57.2 Å². The molecule has 1 aromatic carbocycles. The van der Waals surface area contributed by atoms with Crippen LogP contribution >= 0.6 is 22.9 Å². The number of hydrogen-bond acceptors (Lipinski definition) is 4. The second kappa shape index (κ2) is 7.02. The minimum atomic E-state index is -0.539. The van der Waals surface area contributed by atoms with Crippen molar-refractivity contribution in [3.8, 4) is 0 Å².